The summed E-state index contributed by atoms with van der Waals surface area (Å²) in [6.07, 6.45) is 3.57. The summed E-state index contributed by atoms with van der Waals surface area (Å²) < 4.78 is 24.3. The minimum atomic E-state index is -0.660. The van der Waals surface area contributed by atoms with Crippen molar-refractivity contribution < 1.29 is 23.7 Å². The van der Waals surface area contributed by atoms with Crippen LogP contribution in [0.25, 0.3) is 0 Å². The summed E-state index contributed by atoms with van der Waals surface area (Å²) in [4.78, 5) is 20.4. The molecule has 34 heavy (non-hydrogen) atoms. The number of ketones is 1. The van der Waals surface area contributed by atoms with Gasteiger partial charge in [0.15, 0.2) is 11.0 Å². The van der Waals surface area contributed by atoms with E-state index in [1.807, 2.05) is 43.3 Å². The molecule has 7 nitrogen and oxygen atoms in total. The van der Waals surface area contributed by atoms with Crippen molar-refractivity contribution >= 4 is 22.7 Å². The van der Waals surface area contributed by atoms with Crippen molar-refractivity contribution in [1.82, 2.24) is 4.90 Å². The predicted molar refractivity (Wildman–Crippen MR) is 137 cm³/mol. The largest absolute Gasteiger partial charge is 0.497 e. The Kier molecular flexibility index (Phi) is 10.7. The first-order chi connectivity index (χ1) is 16.5. The number of methoxy groups -OCH3 is 1. The van der Waals surface area contributed by atoms with Gasteiger partial charge >= 0.3 is 0 Å². The molecular weight excluding hydrogens is 452 g/mol. The van der Waals surface area contributed by atoms with Gasteiger partial charge in [0, 0.05) is 33.7 Å². The molecule has 190 valence electrons. The second-order valence-electron chi connectivity index (χ2n) is 9.03. The molecule has 1 aromatic carbocycles. The molecule has 5 atom stereocenters. The van der Waals surface area contributed by atoms with Crippen molar-refractivity contribution in [3.8, 4) is 5.75 Å². The Bertz CT molecular complexity index is 801. The van der Waals surface area contributed by atoms with Crippen LogP contribution in [-0.4, -0.2) is 80.1 Å². The molecule has 1 aromatic rings. The Balaban J connectivity index is 1.77. The molecule has 0 spiro atoms. The van der Waals surface area contributed by atoms with E-state index in [4.69, 9.17) is 23.9 Å². The molecule has 0 radical (unpaired) electrons. The van der Waals surface area contributed by atoms with Crippen LogP contribution in [0.5, 0.6) is 5.75 Å². The normalized spacial score (nSPS) is 26.1. The number of carbonyl (C=O) groups excluding carboxylic acids is 1. The highest BCUT2D eigenvalue weighted by Gasteiger charge is 2.52. The Hall–Kier alpha value is -1.61. The molecule has 0 amide bonds. The third kappa shape index (κ3) is 6.97. The minimum absolute atomic E-state index is 0.0544. The molecule has 8 heteroatoms. The lowest BCUT2D eigenvalue weighted by molar-refractivity contribution is -0.194. The number of benzene rings is 1. The van der Waals surface area contributed by atoms with Crippen LogP contribution in [0.2, 0.25) is 0 Å². The molecule has 1 saturated heterocycles. The van der Waals surface area contributed by atoms with E-state index >= 15 is 0 Å². The lowest BCUT2D eigenvalue weighted by Gasteiger charge is -2.42. The standard InChI is InChI=1S/C26H40N2O5S/c1-6-8-16-31-23-21-25(34-26(27-21)28(3)4)33-22(24(23)32-17-9-7-2)20(29)15-12-18-10-13-19(30-5)14-11-18/h10-11,13-14,21-25H,6-9,12,15-17H2,1-5H3/t21-,22-,23-,24-,25-/m1/s1. The predicted octanol–water partition coefficient (Wildman–Crippen LogP) is 4.33. The van der Waals surface area contributed by atoms with Gasteiger partial charge in [-0.3, -0.25) is 9.79 Å². The van der Waals surface area contributed by atoms with Crippen LogP contribution in [0, 0.1) is 0 Å². The number of Topliss-reactive ketones (excluding diaryl/α,β-unsaturated/α-hetero) is 1. The molecule has 0 unspecified atom stereocenters. The summed E-state index contributed by atoms with van der Waals surface area (Å²) >= 11 is 1.57. The van der Waals surface area contributed by atoms with Gasteiger partial charge in [-0.1, -0.05) is 50.6 Å². The number of hydrogen-bond donors (Lipinski definition) is 0. The smallest absolute Gasteiger partial charge is 0.164 e. The van der Waals surface area contributed by atoms with Crippen LogP contribution in [0.4, 0.5) is 0 Å². The van der Waals surface area contributed by atoms with Gasteiger partial charge in [0.2, 0.25) is 0 Å². The molecule has 0 aromatic heterocycles. The molecule has 0 N–H and O–H groups in total. The number of rotatable bonds is 13. The number of fused-ring (bicyclic) bond motifs is 1. The highest BCUT2D eigenvalue weighted by atomic mass is 32.2. The fourth-order valence-corrected chi connectivity index (χ4v) is 5.23. The van der Waals surface area contributed by atoms with E-state index in [1.54, 1.807) is 18.9 Å². The number of aryl methyl sites for hydroxylation is 1. The topological polar surface area (TPSA) is 69.6 Å². The number of aliphatic imine (C=N–C) groups is 1. The Morgan fingerprint density at radius 1 is 1.06 bits per heavy atom. The molecule has 0 saturated carbocycles. The van der Waals surface area contributed by atoms with Crippen LogP contribution in [0.3, 0.4) is 0 Å². The van der Waals surface area contributed by atoms with Gasteiger partial charge in [0.25, 0.3) is 0 Å². The fraction of sp³-hybridized carbons (Fsp3) is 0.692. The van der Waals surface area contributed by atoms with Crippen molar-refractivity contribution in [2.45, 2.75) is 82.2 Å². The Morgan fingerprint density at radius 2 is 1.71 bits per heavy atom. The van der Waals surface area contributed by atoms with Crippen LogP contribution in [0.15, 0.2) is 29.3 Å². The van der Waals surface area contributed by atoms with Crippen LogP contribution >= 0.6 is 11.8 Å². The van der Waals surface area contributed by atoms with E-state index < -0.39 is 12.2 Å². The molecule has 2 aliphatic rings. The number of hydrogen-bond acceptors (Lipinski definition) is 8. The van der Waals surface area contributed by atoms with Crippen LogP contribution in [-0.2, 0) is 25.4 Å². The average Bonchev–Trinajstić information content (AvgIpc) is 3.28. The molecule has 0 bridgehead atoms. The number of ether oxygens (including phenoxy) is 4. The van der Waals surface area contributed by atoms with E-state index in [-0.39, 0.29) is 23.4 Å². The zero-order valence-corrected chi connectivity index (χ0v) is 22.0. The molecule has 2 aliphatic heterocycles. The summed E-state index contributed by atoms with van der Waals surface area (Å²) in [5.41, 5.74) is 0.848. The highest BCUT2D eigenvalue weighted by Crippen LogP contribution is 2.40. The summed E-state index contributed by atoms with van der Waals surface area (Å²) in [6, 6.07) is 7.66. The fourth-order valence-electron chi connectivity index (χ4n) is 4.10. The number of nitrogens with zero attached hydrogens (tertiary/aromatic N) is 2. The Labute approximate surface area is 208 Å². The number of carbonyl (C=O) groups is 1. The first-order valence-corrected chi connectivity index (χ1v) is 13.3. The third-order valence-corrected chi connectivity index (χ3v) is 7.44. The van der Waals surface area contributed by atoms with E-state index in [2.05, 4.69) is 13.8 Å². The van der Waals surface area contributed by atoms with Crippen molar-refractivity contribution in [3.63, 3.8) is 0 Å². The van der Waals surface area contributed by atoms with Gasteiger partial charge in [-0.25, -0.2) is 0 Å². The van der Waals surface area contributed by atoms with Crippen LogP contribution in [0.1, 0.15) is 51.5 Å². The lowest BCUT2D eigenvalue weighted by Crippen LogP contribution is -2.59. The lowest BCUT2D eigenvalue weighted by atomic mass is 9.92. The quantitative estimate of drug-likeness (QED) is 0.380. The average molecular weight is 493 g/mol. The second-order valence-corrected chi connectivity index (χ2v) is 10.1. The van der Waals surface area contributed by atoms with Gasteiger partial charge in [-0.2, -0.15) is 0 Å². The number of amidine groups is 1. The van der Waals surface area contributed by atoms with Crippen molar-refractivity contribution in [3.05, 3.63) is 29.8 Å². The van der Waals surface area contributed by atoms with E-state index in [1.165, 1.54) is 0 Å². The molecular formula is C26H40N2O5S. The minimum Gasteiger partial charge on any atom is -0.497 e. The monoisotopic (exact) mass is 492 g/mol. The molecule has 3 rings (SSSR count). The second kappa shape index (κ2) is 13.5. The molecule has 2 heterocycles. The number of thioether (sulfide) groups is 1. The summed E-state index contributed by atoms with van der Waals surface area (Å²) in [5, 5.41) is 0.901. The zero-order valence-electron chi connectivity index (χ0n) is 21.2. The van der Waals surface area contributed by atoms with Crippen LogP contribution < -0.4 is 4.74 Å². The maximum Gasteiger partial charge on any atom is 0.164 e. The highest BCUT2D eigenvalue weighted by molar-refractivity contribution is 8.14. The van der Waals surface area contributed by atoms with E-state index in [0.717, 1.165) is 42.2 Å². The maximum absolute atomic E-state index is 13.5. The first-order valence-electron chi connectivity index (χ1n) is 12.4. The first kappa shape index (κ1) is 27.0. The molecule has 1 fully saturated rings. The third-order valence-electron chi connectivity index (χ3n) is 6.13. The summed E-state index contributed by atoms with van der Waals surface area (Å²) in [6.45, 7) is 5.48. The van der Waals surface area contributed by atoms with Gasteiger partial charge in [0.05, 0.1) is 7.11 Å². The summed E-state index contributed by atoms with van der Waals surface area (Å²) in [5.74, 6) is 0.863. The Morgan fingerprint density at radius 3 is 2.29 bits per heavy atom. The SMILES string of the molecule is CCCCO[C@@H]1[C@H]2N=C(N(C)C)S[C@H]2O[C@H](C(=O)CCc2ccc(OC)cc2)[C@H]1OCCCC. The van der Waals surface area contributed by atoms with E-state index in [0.29, 0.717) is 26.1 Å². The zero-order chi connectivity index (χ0) is 24.5. The van der Waals surface area contributed by atoms with Crippen molar-refractivity contribution in [1.29, 1.82) is 0 Å². The van der Waals surface area contributed by atoms with Gasteiger partial charge in [0.1, 0.15) is 35.5 Å². The molecule has 0 aliphatic carbocycles. The van der Waals surface area contributed by atoms with E-state index in [9.17, 15) is 4.79 Å². The number of unbranched alkanes of at least 4 members (excludes halogenated alkanes) is 2. The maximum atomic E-state index is 13.5. The van der Waals surface area contributed by atoms with Gasteiger partial charge in [-0.05, 0) is 37.0 Å². The summed E-state index contributed by atoms with van der Waals surface area (Å²) in [7, 11) is 5.60. The van der Waals surface area contributed by atoms with Gasteiger partial charge < -0.3 is 23.8 Å². The van der Waals surface area contributed by atoms with Gasteiger partial charge in [-0.15, -0.1) is 0 Å². The van der Waals surface area contributed by atoms with Crippen molar-refractivity contribution in [2.24, 2.45) is 4.99 Å². The van der Waals surface area contributed by atoms with Crippen molar-refractivity contribution in [2.75, 3.05) is 34.4 Å².